The number of carboxylic acid groups (broad SMARTS) is 1. The average molecular weight is 163 g/mol. The smallest absolute Gasteiger partial charge is 0.431 e. The maximum atomic E-state index is 10.2. The normalized spacial score (nSPS) is 23.9. The van der Waals surface area contributed by atoms with Gasteiger partial charge in [0.25, 0.3) is 0 Å². The minimum Gasteiger partial charge on any atom is -0.463 e. The van der Waals surface area contributed by atoms with Crippen LogP contribution in [0.25, 0.3) is 0 Å². The first-order chi connectivity index (χ1) is 4.72. The van der Waals surface area contributed by atoms with Crippen LogP contribution >= 0.6 is 10.7 Å². The van der Waals surface area contributed by atoms with E-state index in [9.17, 15) is 4.79 Å². The average Bonchev–Trinajstić information content (AvgIpc) is 2.36. The summed E-state index contributed by atoms with van der Waals surface area (Å²) in [6.07, 6.45) is -1.08. The molecule has 1 aliphatic heterocycles. The van der Waals surface area contributed by atoms with E-state index in [1.807, 2.05) is 5.37 Å². The van der Waals surface area contributed by atoms with Gasteiger partial charge in [-0.25, -0.2) is 10.6 Å². The highest BCUT2D eigenvalue weighted by molar-refractivity contribution is 8.13. The Hall–Kier alpha value is -0.590. The van der Waals surface area contributed by atoms with Gasteiger partial charge in [-0.2, -0.15) is 4.41 Å². The molecular formula is C4H9N3O2S. The summed E-state index contributed by atoms with van der Waals surface area (Å²) >= 11 is 0. The monoisotopic (exact) mass is 163 g/mol. The summed E-state index contributed by atoms with van der Waals surface area (Å²) in [6, 6.07) is 0. The van der Waals surface area contributed by atoms with Gasteiger partial charge in [0.1, 0.15) is 0 Å². The summed E-state index contributed by atoms with van der Waals surface area (Å²) in [6.45, 7) is 0.740. The summed E-state index contributed by atoms with van der Waals surface area (Å²) in [7, 11) is -0.427. The highest BCUT2D eigenvalue weighted by Gasteiger charge is 2.12. The number of carbonyl (C=O) groups is 1. The van der Waals surface area contributed by atoms with Crippen molar-refractivity contribution in [2.75, 3.05) is 12.4 Å². The minimum absolute atomic E-state index is 0.427. The Morgan fingerprint density at radius 1 is 1.90 bits per heavy atom. The molecule has 1 rings (SSSR count). The van der Waals surface area contributed by atoms with Gasteiger partial charge < -0.3 is 10.4 Å². The summed E-state index contributed by atoms with van der Waals surface area (Å²) < 4.78 is 0.833. The second kappa shape index (κ2) is 3.00. The molecule has 0 bridgehead atoms. The van der Waals surface area contributed by atoms with Crippen molar-refractivity contribution in [3.8, 4) is 0 Å². The number of amides is 1. The summed E-state index contributed by atoms with van der Waals surface area (Å²) in [5, 5.41) is 13.2. The zero-order valence-electron chi connectivity index (χ0n) is 5.28. The molecule has 0 aromatic heterocycles. The molecule has 1 atom stereocenters. The summed E-state index contributed by atoms with van der Waals surface area (Å²) in [4.78, 5) is 10.2. The molecule has 0 fully saturated rings. The fourth-order valence-corrected chi connectivity index (χ4v) is 1.88. The molecule has 0 saturated heterocycles. The Bertz CT molecular complexity index is 181. The number of nitrogens with two attached hydrogens (primary N) is 1. The molecule has 0 aliphatic carbocycles. The molecule has 1 aliphatic rings. The highest BCUT2D eigenvalue weighted by atomic mass is 32.2. The van der Waals surface area contributed by atoms with Crippen LogP contribution in [0.1, 0.15) is 0 Å². The zero-order valence-corrected chi connectivity index (χ0v) is 6.10. The van der Waals surface area contributed by atoms with E-state index in [-0.39, 0.29) is 0 Å². The van der Waals surface area contributed by atoms with E-state index in [1.54, 1.807) is 0 Å². The molecule has 1 amide bonds. The van der Waals surface area contributed by atoms with Crippen molar-refractivity contribution < 1.29 is 9.90 Å². The lowest BCUT2D eigenvalue weighted by Crippen LogP contribution is -2.31. The predicted octanol–water partition coefficient (Wildman–Crippen LogP) is -0.613. The first-order valence-electron chi connectivity index (χ1n) is 2.73. The van der Waals surface area contributed by atoms with Crippen LogP contribution in [-0.4, -0.2) is 33.4 Å². The Morgan fingerprint density at radius 2 is 2.60 bits per heavy atom. The summed E-state index contributed by atoms with van der Waals surface area (Å²) in [5.74, 6) is 5.84. The molecule has 0 saturated carbocycles. The Morgan fingerprint density at radius 3 is 3.00 bits per heavy atom. The van der Waals surface area contributed by atoms with Crippen molar-refractivity contribution in [2.24, 2.45) is 5.84 Å². The minimum atomic E-state index is -1.08. The molecule has 5 nitrogen and oxygen atoms in total. The van der Waals surface area contributed by atoms with Crippen LogP contribution in [0, 0.1) is 0 Å². The number of hydrogen-bond acceptors (Lipinski definition) is 3. The van der Waals surface area contributed by atoms with Crippen molar-refractivity contribution in [3.63, 3.8) is 0 Å². The van der Waals surface area contributed by atoms with Gasteiger partial charge in [0, 0.05) is 6.54 Å². The molecule has 1 heterocycles. The number of nitrogens with one attached hydrogen (secondary N) is 1. The third-order valence-corrected chi connectivity index (χ3v) is 2.82. The quantitative estimate of drug-likeness (QED) is 0.208. The molecule has 10 heavy (non-hydrogen) atoms. The van der Waals surface area contributed by atoms with Crippen molar-refractivity contribution >= 4 is 22.1 Å². The molecule has 6 heteroatoms. The van der Waals surface area contributed by atoms with Crippen LogP contribution in [0.3, 0.4) is 0 Å². The number of hydrazine groups is 1. The zero-order chi connectivity index (χ0) is 7.56. The lowest BCUT2D eigenvalue weighted by Gasteiger charge is -2.13. The summed E-state index contributed by atoms with van der Waals surface area (Å²) in [5.41, 5.74) is 0. The van der Waals surface area contributed by atoms with Crippen LogP contribution < -0.4 is 11.2 Å². The molecule has 0 spiro atoms. The first-order valence-corrected chi connectivity index (χ1v) is 4.15. The molecule has 0 aromatic rings. The SMILES string of the molecule is NN(C(=O)O)S1=CCNC1. The second-order valence-corrected chi connectivity index (χ2v) is 3.59. The molecule has 1 unspecified atom stereocenters. The van der Waals surface area contributed by atoms with E-state index in [2.05, 4.69) is 5.32 Å². The number of rotatable bonds is 1. The third-order valence-electron chi connectivity index (χ3n) is 1.11. The van der Waals surface area contributed by atoms with E-state index < -0.39 is 16.8 Å². The van der Waals surface area contributed by atoms with Gasteiger partial charge in [0.2, 0.25) is 0 Å². The predicted molar refractivity (Wildman–Crippen MR) is 40.6 cm³/mol. The Balaban J connectivity index is 2.55. The van der Waals surface area contributed by atoms with Crippen LogP contribution in [0.5, 0.6) is 0 Å². The molecule has 58 valence electrons. The maximum absolute atomic E-state index is 10.2. The van der Waals surface area contributed by atoms with Crippen LogP contribution in [0.15, 0.2) is 0 Å². The van der Waals surface area contributed by atoms with Crippen molar-refractivity contribution in [3.05, 3.63) is 0 Å². The first kappa shape index (κ1) is 7.52. The molecule has 0 aromatic carbocycles. The lowest BCUT2D eigenvalue weighted by molar-refractivity contribution is 0.175. The van der Waals surface area contributed by atoms with Crippen LogP contribution in [0.2, 0.25) is 0 Å². The van der Waals surface area contributed by atoms with Gasteiger partial charge in [-0.05, 0) is 5.37 Å². The van der Waals surface area contributed by atoms with Gasteiger partial charge in [-0.1, -0.05) is 10.7 Å². The number of nitrogens with zero attached hydrogens (tertiary/aromatic N) is 1. The van der Waals surface area contributed by atoms with Crippen molar-refractivity contribution in [1.29, 1.82) is 0 Å². The largest absolute Gasteiger partial charge is 0.463 e. The standard InChI is InChI=1S/C4H9N3O2S/c5-7(4(8)9)10-2-1-6-3-10/h2,6H,1,3,5H2,(H,8,9). The highest BCUT2D eigenvalue weighted by Crippen LogP contribution is 2.15. The maximum Gasteiger partial charge on any atom is 0.431 e. The van der Waals surface area contributed by atoms with Crippen molar-refractivity contribution in [1.82, 2.24) is 9.73 Å². The van der Waals surface area contributed by atoms with Crippen molar-refractivity contribution in [2.45, 2.75) is 0 Å². The Labute approximate surface area is 60.8 Å². The van der Waals surface area contributed by atoms with E-state index in [1.165, 1.54) is 0 Å². The van der Waals surface area contributed by atoms with Crippen LogP contribution in [-0.2, 0) is 0 Å². The van der Waals surface area contributed by atoms with E-state index in [0.717, 1.165) is 11.0 Å². The second-order valence-electron chi connectivity index (χ2n) is 1.77. The van der Waals surface area contributed by atoms with Gasteiger partial charge in [0.05, 0.1) is 5.88 Å². The fraction of sp³-hybridized carbons (Fsp3) is 0.500. The third kappa shape index (κ3) is 1.47. The molecule has 0 radical (unpaired) electrons. The van der Waals surface area contributed by atoms with E-state index in [0.29, 0.717) is 5.88 Å². The fourth-order valence-electron chi connectivity index (χ4n) is 0.628. The van der Waals surface area contributed by atoms with Crippen LogP contribution in [0.4, 0.5) is 4.79 Å². The molecule has 4 N–H and O–H groups in total. The number of hydrogen-bond donors (Lipinski definition) is 3. The van der Waals surface area contributed by atoms with Gasteiger partial charge in [-0.3, -0.25) is 0 Å². The van der Waals surface area contributed by atoms with Gasteiger partial charge in [-0.15, -0.1) is 0 Å². The van der Waals surface area contributed by atoms with Gasteiger partial charge in [0.15, 0.2) is 0 Å². The Kier molecular flexibility index (Phi) is 2.25. The molecular weight excluding hydrogens is 154 g/mol. The van der Waals surface area contributed by atoms with E-state index in [4.69, 9.17) is 10.9 Å². The lowest BCUT2D eigenvalue weighted by atomic mass is 10.8. The van der Waals surface area contributed by atoms with Gasteiger partial charge >= 0.3 is 6.09 Å². The van der Waals surface area contributed by atoms with E-state index >= 15 is 0 Å². The topological polar surface area (TPSA) is 78.6 Å².